The van der Waals surface area contributed by atoms with Crippen LogP contribution in [0.25, 0.3) is 0 Å². The average Bonchev–Trinajstić information content (AvgIpc) is 2.49. The number of anilines is 1. The van der Waals surface area contributed by atoms with Crippen LogP contribution in [-0.2, 0) is 0 Å². The molecule has 0 bridgehead atoms. The Morgan fingerprint density at radius 3 is 2.38 bits per heavy atom. The Kier molecular flexibility index (Phi) is 4.22. The number of methoxy groups -OCH3 is 1. The number of hydrogen-bond acceptors (Lipinski definition) is 5. The van der Waals surface area contributed by atoms with Gasteiger partial charge in [0.05, 0.1) is 18.1 Å². The number of hydrogen-bond donors (Lipinski definition) is 1. The van der Waals surface area contributed by atoms with Crippen LogP contribution >= 0.6 is 0 Å². The first-order valence-corrected chi connectivity index (χ1v) is 6.02. The van der Waals surface area contributed by atoms with Gasteiger partial charge in [0.1, 0.15) is 5.75 Å². The van der Waals surface area contributed by atoms with Crippen LogP contribution in [0.15, 0.2) is 36.4 Å². The summed E-state index contributed by atoms with van der Waals surface area (Å²) in [5.41, 5.74) is 0.402. The molecule has 0 heterocycles. The lowest BCUT2D eigenvalue weighted by atomic mass is 10.2. The van der Waals surface area contributed by atoms with Crippen LogP contribution in [0.4, 0.5) is 15.8 Å². The van der Waals surface area contributed by atoms with Crippen molar-refractivity contribution in [3.63, 3.8) is 0 Å². The predicted molar refractivity (Wildman–Crippen MR) is 75.7 cm³/mol. The summed E-state index contributed by atoms with van der Waals surface area (Å²) in [6.45, 7) is 0. The minimum Gasteiger partial charge on any atom is -0.494 e. The summed E-state index contributed by atoms with van der Waals surface area (Å²) in [7, 11) is 3.04. The summed E-state index contributed by atoms with van der Waals surface area (Å²) in [5.74, 6) is -0.634. The second kappa shape index (κ2) is 6.08. The van der Waals surface area contributed by atoms with E-state index < -0.39 is 16.4 Å². The molecule has 1 N–H and O–H groups in total. The lowest BCUT2D eigenvalue weighted by Gasteiger charge is -2.09. The van der Waals surface area contributed by atoms with Gasteiger partial charge in [-0.2, -0.15) is 0 Å². The zero-order chi connectivity index (χ0) is 15.4. The minimum atomic E-state index is -0.818. The molecular weight excluding hydrogens is 279 g/mol. The molecule has 0 aliphatic heterocycles. The molecule has 0 amide bonds. The molecule has 0 aromatic heterocycles. The topological polar surface area (TPSA) is 73.6 Å². The summed E-state index contributed by atoms with van der Waals surface area (Å²) in [5, 5.41) is 13.9. The smallest absolute Gasteiger partial charge is 0.314 e. The maximum absolute atomic E-state index is 13.5. The first kappa shape index (κ1) is 14.6. The highest BCUT2D eigenvalue weighted by Crippen LogP contribution is 2.36. The number of nitrogens with one attached hydrogen (secondary N) is 1. The lowest BCUT2D eigenvalue weighted by molar-refractivity contribution is -0.385. The maximum atomic E-state index is 13.5. The number of nitrogens with zero attached hydrogens (tertiary/aromatic N) is 1. The molecule has 0 aliphatic carbocycles. The summed E-state index contributed by atoms with van der Waals surface area (Å²) in [4.78, 5) is 10.3. The SMILES string of the molecule is CNc1ccc(Oc2cc(OC)c(F)cc2[N+](=O)[O-])cc1. The van der Waals surface area contributed by atoms with E-state index in [4.69, 9.17) is 9.47 Å². The fourth-order valence-electron chi connectivity index (χ4n) is 1.72. The van der Waals surface area contributed by atoms with E-state index in [1.54, 1.807) is 31.3 Å². The van der Waals surface area contributed by atoms with Crippen molar-refractivity contribution in [2.75, 3.05) is 19.5 Å². The van der Waals surface area contributed by atoms with Crippen molar-refractivity contribution in [2.24, 2.45) is 0 Å². The molecule has 0 atom stereocenters. The Bertz CT molecular complexity index is 659. The Balaban J connectivity index is 2.38. The van der Waals surface area contributed by atoms with Crippen LogP contribution in [0.2, 0.25) is 0 Å². The van der Waals surface area contributed by atoms with Crippen molar-refractivity contribution in [3.8, 4) is 17.2 Å². The summed E-state index contributed by atoms with van der Waals surface area (Å²) in [6, 6.07) is 8.72. The third kappa shape index (κ3) is 3.19. The summed E-state index contributed by atoms with van der Waals surface area (Å²) in [6.07, 6.45) is 0. The first-order valence-electron chi connectivity index (χ1n) is 6.02. The molecule has 110 valence electrons. The standard InChI is InChI=1S/C14H13FN2O4/c1-16-9-3-5-10(6-4-9)21-14-8-13(20-2)11(15)7-12(14)17(18)19/h3-8,16H,1-2H3. The molecule has 0 unspecified atom stereocenters. The molecule has 0 aliphatic rings. The highest BCUT2D eigenvalue weighted by atomic mass is 19.1. The minimum absolute atomic E-state index is 0.0875. The van der Waals surface area contributed by atoms with Gasteiger partial charge in [-0.15, -0.1) is 0 Å². The van der Waals surface area contributed by atoms with Crippen molar-refractivity contribution in [3.05, 3.63) is 52.3 Å². The van der Waals surface area contributed by atoms with Gasteiger partial charge in [-0.25, -0.2) is 4.39 Å². The zero-order valence-electron chi connectivity index (χ0n) is 11.4. The Morgan fingerprint density at radius 2 is 1.86 bits per heavy atom. The van der Waals surface area contributed by atoms with Crippen molar-refractivity contribution in [1.29, 1.82) is 0 Å². The lowest BCUT2D eigenvalue weighted by Crippen LogP contribution is -1.97. The van der Waals surface area contributed by atoms with Crippen molar-refractivity contribution in [2.45, 2.75) is 0 Å². The number of nitro groups is 1. The van der Waals surface area contributed by atoms with E-state index in [-0.39, 0.29) is 11.5 Å². The molecular formula is C14H13FN2O4. The monoisotopic (exact) mass is 292 g/mol. The molecule has 2 aromatic carbocycles. The summed E-state index contributed by atoms with van der Waals surface area (Å²) >= 11 is 0. The highest BCUT2D eigenvalue weighted by Gasteiger charge is 2.21. The van der Waals surface area contributed by atoms with Gasteiger partial charge in [0.2, 0.25) is 5.75 Å². The number of ether oxygens (including phenoxy) is 2. The fraction of sp³-hybridized carbons (Fsp3) is 0.143. The van der Waals surface area contributed by atoms with E-state index in [0.29, 0.717) is 5.75 Å². The van der Waals surface area contributed by atoms with Crippen LogP contribution in [-0.4, -0.2) is 19.1 Å². The van der Waals surface area contributed by atoms with Crippen LogP contribution in [0.1, 0.15) is 0 Å². The fourth-order valence-corrected chi connectivity index (χ4v) is 1.72. The van der Waals surface area contributed by atoms with Gasteiger partial charge < -0.3 is 14.8 Å². The normalized spacial score (nSPS) is 10.0. The van der Waals surface area contributed by atoms with E-state index in [2.05, 4.69) is 5.32 Å². The molecule has 0 fully saturated rings. The second-order valence-electron chi connectivity index (χ2n) is 4.09. The number of halogens is 1. The van der Waals surface area contributed by atoms with E-state index in [9.17, 15) is 14.5 Å². The van der Waals surface area contributed by atoms with Gasteiger partial charge in [-0.05, 0) is 24.3 Å². The maximum Gasteiger partial charge on any atom is 0.314 e. The van der Waals surface area contributed by atoms with Crippen LogP contribution in [0, 0.1) is 15.9 Å². The molecule has 21 heavy (non-hydrogen) atoms. The average molecular weight is 292 g/mol. The van der Waals surface area contributed by atoms with Crippen molar-refractivity contribution < 1.29 is 18.8 Å². The largest absolute Gasteiger partial charge is 0.494 e. The second-order valence-corrected chi connectivity index (χ2v) is 4.09. The Labute approximate surface area is 120 Å². The highest BCUT2D eigenvalue weighted by molar-refractivity contribution is 5.54. The van der Waals surface area contributed by atoms with Gasteiger partial charge in [0, 0.05) is 18.8 Å². The predicted octanol–water partition coefficient (Wildman–Crippen LogP) is 3.58. The Hall–Kier alpha value is -2.83. The van der Waals surface area contributed by atoms with Crippen LogP contribution in [0.5, 0.6) is 17.2 Å². The molecule has 0 saturated heterocycles. The third-order valence-electron chi connectivity index (χ3n) is 2.80. The molecule has 6 nitrogen and oxygen atoms in total. The van der Waals surface area contributed by atoms with Gasteiger partial charge in [0.15, 0.2) is 11.6 Å². The number of benzene rings is 2. The number of rotatable bonds is 5. The van der Waals surface area contributed by atoms with E-state index in [1.165, 1.54) is 7.11 Å². The quantitative estimate of drug-likeness (QED) is 0.673. The van der Waals surface area contributed by atoms with Crippen LogP contribution < -0.4 is 14.8 Å². The van der Waals surface area contributed by atoms with Crippen molar-refractivity contribution in [1.82, 2.24) is 0 Å². The van der Waals surface area contributed by atoms with Gasteiger partial charge in [-0.1, -0.05) is 0 Å². The molecule has 0 radical (unpaired) electrons. The van der Waals surface area contributed by atoms with E-state index in [0.717, 1.165) is 17.8 Å². The van der Waals surface area contributed by atoms with E-state index >= 15 is 0 Å². The molecule has 2 rings (SSSR count). The molecule has 0 saturated carbocycles. The van der Waals surface area contributed by atoms with Crippen LogP contribution in [0.3, 0.4) is 0 Å². The zero-order valence-corrected chi connectivity index (χ0v) is 11.4. The van der Waals surface area contributed by atoms with Gasteiger partial charge in [0.25, 0.3) is 0 Å². The van der Waals surface area contributed by atoms with Crippen molar-refractivity contribution >= 4 is 11.4 Å². The Morgan fingerprint density at radius 1 is 1.19 bits per heavy atom. The molecule has 0 spiro atoms. The third-order valence-corrected chi connectivity index (χ3v) is 2.80. The number of nitro benzene ring substituents is 1. The molecule has 2 aromatic rings. The molecule has 7 heteroatoms. The van der Waals surface area contributed by atoms with E-state index in [1.807, 2.05) is 0 Å². The first-order chi connectivity index (χ1) is 10.0. The summed E-state index contributed by atoms with van der Waals surface area (Å²) < 4.78 is 23.8. The van der Waals surface area contributed by atoms with Gasteiger partial charge in [-0.3, -0.25) is 10.1 Å². The van der Waals surface area contributed by atoms with Gasteiger partial charge >= 0.3 is 5.69 Å².